The quantitative estimate of drug-likeness (QED) is 0.832. The third kappa shape index (κ3) is 3.78. The van der Waals surface area contributed by atoms with Gasteiger partial charge >= 0.3 is 0 Å². The number of aromatic nitrogens is 2. The third-order valence-electron chi connectivity index (χ3n) is 3.34. The molecule has 2 heterocycles. The molecular weight excluding hydrogens is 244 g/mol. The van der Waals surface area contributed by atoms with Gasteiger partial charge in [0.15, 0.2) is 0 Å². The molecule has 1 aromatic heterocycles. The fourth-order valence-corrected chi connectivity index (χ4v) is 2.05. The minimum Gasteiger partial charge on any atom is -0.376 e. The molecule has 0 radical (unpaired) electrons. The molecule has 1 aliphatic rings. The van der Waals surface area contributed by atoms with Gasteiger partial charge in [0.2, 0.25) is 5.91 Å². The van der Waals surface area contributed by atoms with Crippen LogP contribution in [0.15, 0.2) is 12.4 Å². The number of hydrogen-bond donors (Lipinski definition) is 2. The number of nitrogens with two attached hydrogens (primary N) is 1. The molecule has 2 atom stereocenters. The number of rotatable bonds is 5. The molecule has 6 heteroatoms. The molecule has 1 aliphatic heterocycles. The van der Waals surface area contributed by atoms with E-state index in [1.165, 1.54) is 0 Å². The lowest BCUT2D eigenvalue weighted by molar-refractivity contribution is -0.118. The number of amides is 1. The van der Waals surface area contributed by atoms with Crippen LogP contribution in [0.5, 0.6) is 0 Å². The van der Waals surface area contributed by atoms with Crippen LogP contribution < -0.4 is 11.1 Å². The van der Waals surface area contributed by atoms with Crippen LogP contribution in [0.4, 0.5) is 5.69 Å². The number of carbonyl (C=O) groups is 1. The summed E-state index contributed by atoms with van der Waals surface area (Å²) in [5.74, 6) is -0.0615. The highest BCUT2D eigenvalue weighted by atomic mass is 16.5. The van der Waals surface area contributed by atoms with Gasteiger partial charge in [-0.15, -0.1) is 0 Å². The van der Waals surface area contributed by atoms with Gasteiger partial charge in [0.1, 0.15) is 0 Å². The molecule has 3 N–H and O–H groups in total. The van der Waals surface area contributed by atoms with Gasteiger partial charge in [0.05, 0.1) is 30.6 Å². The maximum absolute atomic E-state index is 11.8. The molecule has 1 saturated heterocycles. The Morgan fingerprint density at radius 1 is 1.68 bits per heavy atom. The van der Waals surface area contributed by atoms with Crippen LogP contribution in [-0.4, -0.2) is 34.4 Å². The van der Waals surface area contributed by atoms with Crippen LogP contribution in [0.2, 0.25) is 0 Å². The lowest BCUT2D eigenvalue weighted by Crippen LogP contribution is -2.39. The average Bonchev–Trinajstić information content (AvgIpc) is 3.00. The van der Waals surface area contributed by atoms with Crippen LogP contribution in [0.25, 0.3) is 0 Å². The highest BCUT2D eigenvalue weighted by Crippen LogP contribution is 2.15. The second-order valence-electron chi connectivity index (χ2n) is 5.35. The van der Waals surface area contributed by atoms with Gasteiger partial charge in [-0.25, -0.2) is 0 Å². The Hall–Kier alpha value is -1.40. The second kappa shape index (κ2) is 6.16. The number of ether oxygens (including phenoxy) is 1. The van der Waals surface area contributed by atoms with Crippen LogP contribution in [0.3, 0.4) is 0 Å². The van der Waals surface area contributed by atoms with Crippen molar-refractivity contribution in [2.24, 2.45) is 11.7 Å². The minimum atomic E-state index is -0.499. The van der Waals surface area contributed by atoms with Crippen molar-refractivity contribution in [1.82, 2.24) is 9.78 Å². The van der Waals surface area contributed by atoms with E-state index in [1.54, 1.807) is 10.9 Å². The Bertz CT molecular complexity index is 424. The van der Waals surface area contributed by atoms with E-state index in [2.05, 4.69) is 10.4 Å². The Balaban J connectivity index is 1.88. The van der Waals surface area contributed by atoms with E-state index in [-0.39, 0.29) is 17.9 Å². The highest BCUT2D eigenvalue weighted by molar-refractivity contribution is 5.94. The molecule has 106 valence electrons. The first-order valence-electron chi connectivity index (χ1n) is 6.77. The number of nitrogens with one attached hydrogen (secondary N) is 1. The first kappa shape index (κ1) is 14.0. The number of carbonyl (C=O) groups excluding carboxylic acids is 1. The zero-order valence-corrected chi connectivity index (χ0v) is 11.5. The van der Waals surface area contributed by atoms with Crippen molar-refractivity contribution in [3.8, 4) is 0 Å². The summed E-state index contributed by atoms with van der Waals surface area (Å²) in [7, 11) is 0. The molecule has 0 bridgehead atoms. The summed E-state index contributed by atoms with van der Waals surface area (Å²) < 4.78 is 7.35. The van der Waals surface area contributed by atoms with E-state index in [1.807, 2.05) is 20.0 Å². The third-order valence-corrected chi connectivity index (χ3v) is 3.34. The zero-order chi connectivity index (χ0) is 13.8. The molecule has 0 aliphatic carbocycles. The minimum absolute atomic E-state index is 0.113. The first-order chi connectivity index (χ1) is 9.06. The molecule has 2 unspecified atom stereocenters. The molecule has 1 aromatic rings. The first-order valence-corrected chi connectivity index (χ1v) is 6.77. The molecule has 1 fully saturated rings. The van der Waals surface area contributed by atoms with E-state index < -0.39 is 6.04 Å². The summed E-state index contributed by atoms with van der Waals surface area (Å²) in [5.41, 5.74) is 6.47. The van der Waals surface area contributed by atoms with Gasteiger partial charge in [-0.1, -0.05) is 13.8 Å². The van der Waals surface area contributed by atoms with Gasteiger partial charge in [-0.2, -0.15) is 5.10 Å². The van der Waals surface area contributed by atoms with Gasteiger partial charge in [0, 0.05) is 12.8 Å². The van der Waals surface area contributed by atoms with Crippen LogP contribution in [0, 0.1) is 5.92 Å². The van der Waals surface area contributed by atoms with E-state index in [0.717, 1.165) is 26.0 Å². The standard InChI is InChI=1S/C13H22N4O2/c1-9(2)12(14)13(18)16-10-6-15-17(7-10)8-11-4-3-5-19-11/h6-7,9,11-12H,3-5,8,14H2,1-2H3,(H,16,18). The van der Waals surface area contributed by atoms with Crippen LogP contribution >= 0.6 is 0 Å². The van der Waals surface area contributed by atoms with Crippen LogP contribution in [-0.2, 0) is 16.1 Å². The summed E-state index contributed by atoms with van der Waals surface area (Å²) in [6.45, 7) is 5.40. The van der Waals surface area contributed by atoms with E-state index in [0.29, 0.717) is 5.69 Å². The number of hydrogen-bond acceptors (Lipinski definition) is 4. The van der Waals surface area contributed by atoms with Crippen molar-refractivity contribution in [3.63, 3.8) is 0 Å². The molecule has 19 heavy (non-hydrogen) atoms. The van der Waals surface area contributed by atoms with Crippen LogP contribution in [0.1, 0.15) is 26.7 Å². The summed E-state index contributed by atoms with van der Waals surface area (Å²) in [6.07, 6.45) is 5.87. The van der Waals surface area contributed by atoms with E-state index >= 15 is 0 Å². The van der Waals surface area contributed by atoms with Gasteiger partial charge in [0.25, 0.3) is 0 Å². The average molecular weight is 266 g/mol. The summed E-state index contributed by atoms with van der Waals surface area (Å²) in [4.78, 5) is 11.8. The van der Waals surface area contributed by atoms with Crippen molar-refractivity contribution in [3.05, 3.63) is 12.4 Å². The fourth-order valence-electron chi connectivity index (χ4n) is 2.05. The van der Waals surface area contributed by atoms with Crippen molar-refractivity contribution in [2.45, 2.75) is 45.4 Å². The Labute approximate surface area is 113 Å². The molecular formula is C13H22N4O2. The number of anilines is 1. The Morgan fingerprint density at radius 3 is 3.11 bits per heavy atom. The van der Waals surface area contributed by atoms with E-state index in [9.17, 15) is 4.79 Å². The Morgan fingerprint density at radius 2 is 2.47 bits per heavy atom. The molecule has 6 nitrogen and oxygen atoms in total. The van der Waals surface area contributed by atoms with Gasteiger partial charge in [-0.3, -0.25) is 9.48 Å². The molecule has 0 aromatic carbocycles. The van der Waals surface area contributed by atoms with Crippen molar-refractivity contribution in [1.29, 1.82) is 0 Å². The summed E-state index contributed by atoms with van der Waals surface area (Å²) >= 11 is 0. The molecule has 1 amide bonds. The second-order valence-corrected chi connectivity index (χ2v) is 5.35. The highest BCUT2D eigenvalue weighted by Gasteiger charge is 2.19. The number of nitrogens with zero attached hydrogens (tertiary/aromatic N) is 2. The molecule has 0 saturated carbocycles. The predicted molar refractivity (Wildman–Crippen MR) is 72.6 cm³/mol. The monoisotopic (exact) mass is 266 g/mol. The van der Waals surface area contributed by atoms with Crippen molar-refractivity contribution in [2.75, 3.05) is 11.9 Å². The van der Waals surface area contributed by atoms with Crippen molar-refractivity contribution >= 4 is 11.6 Å². The normalized spacial score (nSPS) is 20.7. The summed E-state index contributed by atoms with van der Waals surface area (Å²) in [6, 6.07) is -0.499. The molecule has 2 rings (SSSR count). The lowest BCUT2D eigenvalue weighted by Gasteiger charge is -2.14. The van der Waals surface area contributed by atoms with Crippen molar-refractivity contribution < 1.29 is 9.53 Å². The largest absolute Gasteiger partial charge is 0.376 e. The molecule has 0 spiro atoms. The van der Waals surface area contributed by atoms with E-state index in [4.69, 9.17) is 10.5 Å². The smallest absolute Gasteiger partial charge is 0.241 e. The Kier molecular flexibility index (Phi) is 4.55. The SMILES string of the molecule is CC(C)C(N)C(=O)Nc1cnn(CC2CCCO2)c1. The maximum Gasteiger partial charge on any atom is 0.241 e. The zero-order valence-electron chi connectivity index (χ0n) is 11.5. The summed E-state index contributed by atoms with van der Waals surface area (Å²) in [5, 5.41) is 7.00. The topological polar surface area (TPSA) is 82.2 Å². The van der Waals surface area contributed by atoms with Gasteiger partial charge in [-0.05, 0) is 18.8 Å². The van der Waals surface area contributed by atoms with Gasteiger partial charge < -0.3 is 15.8 Å². The lowest BCUT2D eigenvalue weighted by atomic mass is 10.1. The predicted octanol–water partition coefficient (Wildman–Crippen LogP) is 0.984. The maximum atomic E-state index is 11.8. The fraction of sp³-hybridized carbons (Fsp3) is 0.692.